The Bertz CT molecular complexity index is 1260. The molecule has 3 heterocycles. The van der Waals surface area contributed by atoms with Crippen molar-refractivity contribution in [3.63, 3.8) is 0 Å². The van der Waals surface area contributed by atoms with Crippen LogP contribution in [0.1, 0.15) is 34.0 Å². The third kappa shape index (κ3) is 3.54. The zero-order chi connectivity index (χ0) is 21.5. The van der Waals surface area contributed by atoms with Gasteiger partial charge in [-0.05, 0) is 60.4 Å². The maximum absolute atomic E-state index is 13.2. The Labute approximate surface area is 185 Å². The largest absolute Gasteiger partial charge is 0.338 e. The second kappa shape index (κ2) is 7.72. The number of halogens is 1. The zero-order valence-corrected chi connectivity index (χ0v) is 17.5. The molecule has 6 heteroatoms. The van der Waals surface area contributed by atoms with E-state index in [1.54, 1.807) is 30.3 Å². The molecule has 5 rings (SSSR count). The molecule has 0 aliphatic carbocycles. The van der Waals surface area contributed by atoms with Crippen LogP contribution in [0.5, 0.6) is 0 Å². The van der Waals surface area contributed by atoms with Gasteiger partial charge in [-0.25, -0.2) is 0 Å². The molecule has 1 amide bonds. The standard InChI is InChI=1S/C25H20ClN3O2/c26-21-7-5-18(6-8-21)22-9-10-23(30)29-14-17-11-20(24(22)29)15-28(13-17)25(31)19-3-1-16(12-27)2-4-19/h1-10,17,20H,11,13-15H2/t17-,20+/m0/s1. The van der Waals surface area contributed by atoms with E-state index in [-0.39, 0.29) is 23.3 Å². The quantitative estimate of drug-likeness (QED) is 0.610. The number of carbonyl (C=O) groups excluding carboxylic acids is 1. The summed E-state index contributed by atoms with van der Waals surface area (Å²) in [5, 5.41) is 9.66. The number of nitriles is 1. The smallest absolute Gasteiger partial charge is 0.253 e. The molecule has 2 aliphatic heterocycles. The van der Waals surface area contributed by atoms with Crippen LogP contribution < -0.4 is 5.56 Å². The first-order chi connectivity index (χ1) is 15.0. The molecule has 5 nitrogen and oxygen atoms in total. The number of rotatable bonds is 2. The third-order valence-corrected chi connectivity index (χ3v) is 6.55. The summed E-state index contributed by atoms with van der Waals surface area (Å²) in [5.74, 6) is 0.306. The lowest BCUT2D eigenvalue weighted by Gasteiger charge is -2.43. The second-order valence-electron chi connectivity index (χ2n) is 8.29. The summed E-state index contributed by atoms with van der Waals surface area (Å²) in [6.07, 6.45) is 0.960. The van der Waals surface area contributed by atoms with Gasteiger partial charge in [-0.1, -0.05) is 23.7 Å². The van der Waals surface area contributed by atoms with Gasteiger partial charge < -0.3 is 9.47 Å². The van der Waals surface area contributed by atoms with Crippen LogP contribution in [0, 0.1) is 17.2 Å². The summed E-state index contributed by atoms with van der Waals surface area (Å²) < 4.78 is 1.90. The van der Waals surface area contributed by atoms with Gasteiger partial charge in [0.15, 0.2) is 0 Å². The lowest BCUT2D eigenvalue weighted by atomic mass is 9.80. The minimum Gasteiger partial charge on any atom is -0.338 e. The second-order valence-corrected chi connectivity index (χ2v) is 8.72. The third-order valence-electron chi connectivity index (χ3n) is 6.29. The van der Waals surface area contributed by atoms with Crippen LogP contribution in [-0.2, 0) is 6.54 Å². The molecule has 0 N–H and O–H groups in total. The number of likely N-dealkylation sites (tertiary alicyclic amines) is 1. The fraction of sp³-hybridized carbons (Fsp3) is 0.240. The van der Waals surface area contributed by atoms with Crippen LogP contribution in [0.3, 0.4) is 0 Å². The van der Waals surface area contributed by atoms with Gasteiger partial charge in [0.25, 0.3) is 11.5 Å². The predicted molar refractivity (Wildman–Crippen MR) is 119 cm³/mol. The first kappa shape index (κ1) is 19.6. The number of hydrogen-bond donors (Lipinski definition) is 0. The summed E-state index contributed by atoms with van der Waals surface area (Å²) in [6.45, 7) is 1.81. The van der Waals surface area contributed by atoms with Crippen LogP contribution in [0.15, 0.2) is 65.5 Å². The highest BCUT2D eigenvalue weighted by Crippen LogP contribution is 2.40. The van der Waals surface area contributed by atoms with E-state index in [1.165, 1.54) is 0 Å². The summed E-state index contributed by atoms with van der Waals surface area (Å²) in [4.78, 5) is 27.7. The first-order valence-corrected chi connectivity index (χ1v) is 10.7. The van der Waals surface area contributed by atoms with Crippen LogP contribution in [0.4, 0.5) is 0 Å². The van der Waals surface area contributed by atoms with Gasteiger partial charge >= 0.3 is 0 Å². The lowest BCUT2D eigenvalue weighted by molar-refractivity contribution is 0.0595. The van der Waals surface area contributed by atoms with Crippen molar-refractivity contribution in [1.82, 2.24) is 9.47 Å². The van der Waals surface area contributed by atoms with Crippen molar-refractivity contribution in [3.05, 3.63) is 92.9 Å². The molecule has 31 heavy (non-hydrogen) atoms. The SMILES string of the molecule is N#Cc1ccc(C(=O)N2C[C@@H]3C[C@H](C2)c2c(-c4ccc(Cl)cc4)ccc(=O)n2C3)cc1. The fourth-order valence-electron chi connectivity index (χ4n) is 4.92. The van der Waals surface area contributed by atoms with Gasteiger partial charge in [0.2, 0.25) is 0 Å². The molecule has 2 bridgehead atoms. The summed E-state index contributed by atoms with van der Waals surface area (Å²) in [7, 11) is 0. The molecule has 1 saturated heterocycles. The number of fused-ring (bicyclic) bond motifs is 4. The van der Waals surface area contributed by atoms with E-state index in [0.717, 1.165) is 23.2 Å². The molecule has 0 radical (unpaired) electrons. The number of hydrogen-bond acceptors (Lipinski definition) is 3. The molecular formula is C25H20ClN3O2. The van der Waals surface area contributed by atoms with Crippen LogP contribution in [-0.4, -0.2) is 28.5 Å². The number of aromatic nitrogens is 1. The van der Waals surface area contributed by atoms with Gasteiger partial charge in [-0.2, -0.15) is 5.26 Å². The van der Waals surface area contributed by atoms with Crippen molar-refractivity contribution >= 4 is 17.5 Å². The normalized spacial score (nSPS) is 19.4. The zero-order valence-electron chi connectivity index (χ0n) is 16.8. The van der Waals surface area contributed by atoms with E-state index >= 15 is 0 Å². The number of amides is 1. The van der Waals surface area contributed by atoms with Gasteiger partial charge in [0, 0.05) is 53.5 Å². The van der Waals surface area contributed by atoms with Crippen molar-refractivity contribution in [2.24, 2.45) is 5.92 Å². The molecule has 1 fully saturated rings. The Morgan fingerprint density at radius 2 is 1.71 bits per heavy atom. The van der Waals surface area contributed by atoms with Crippen LogP contribution in [0.2, 0.25) is 5.02 Å². The minimum absolute atomic E-state index is 0.00859. The highest BCUT2D eigenvalue weighted by Gasteiger charge is 2.38. The number of benzene rings is 2. The Kier molecular flexibility index (Phi) is 4.88. The van der Waals surface area contributed by atoms with Gasteiger partial charge in [0.1, 0.15) is 0 Å². The van der Waals surface area contributed by atoms with Crippen molar-refractivity contribution in [2.75, 3.05) is 13.1 Å². The topological polar surface area (TPSA) is 66.1 Å². The molecule has 2 atom stereocenters. The van der Waals surface area contributed by atoms with Crippen LogP contribution >= 0.6 is 11.6 Å². The van der Waals surface area contributed by atoms with Crippen molar-refractivity contribution < 1.29 is 4.79 Å². The van der Waals surface area contributed by atoms with Crippen LogP contribution in [0.25, 0.3) is 11.1 Å². The Morgan fingerprint density at radius 3 is 2.42 bits per heavy atom. The average molecular weight is 430 g/mol. The molecule has 154 valence electrons. The number of carbonyl (C=O) groups is 1. The average Bonchev–Trinajstić information content (AvgIpc) is 2.80. The minimum atomic E-state index is -0.0287. The number of pyridine rings is 1. The maximum atomic E-state index is 13.2. The highest BCUT2D eigenvalue weighted by atomic mass is 35.5. The van der Waals surface area contributed by atoms with Gasteiger partial charge in [0.05, 0.1) is 11.6 Å². The van der Waals surface area contributed by atoms with E-state index in [9.17, 15) is 9.59 Å². The van der Waals surface area contributed by atoms with E-state index < -0.39 is 0 Å². The lowest BCUT2D eigenvalue weighted by Crippen LogP contribution is -2.49. The molecule has 2 aliphatic rings. The Balaban J connectivity index is 1.51. The van der Waals surface area contributed by atoms with Gasteiger partial charge in [-0.15, -0.1) is 0 Å². The molecule has 0 saturated carbocycles. The van der Waals surface area contributed by atoms with Gasteiger partial charge in [-0.3, -0.25) is 9.59 Å². The van der Waals surface area contributed by atoms with E-state index in [1.807, 2.05) is 39.8 Å². The van der Waals surface area contributed by atoms with E-state index in [4.69, 9.17) is 16.9 Å². The van der Waals surface area contributed by atoms with Crippen molar-refractivity contribution in [3.8, 4) is 17.2 Å². The number of nitrogens with zero attached hydrogens (tertiary/aromatic N) is 3. The maximum Gasteiger partial charge on any atom is 0.253 e. The van der Waals surface area contributed by atoms with Crippen molar-refractivity contribution in [1.29, 1.82) is 5.26 Å². The van der Waals surface area contributed by atoms with E-state index in [0.29, 0.717) is 35.8 Å². The number of piperidine rings is 1. The Hall–Kier alpha value is -3.36. The molecular weight excluding hydrogens is 410 g/mol. The Morgan fingerprint density at radius 1 is 0.968 bits per heavy atom. The molecule has 0 unspecified atom stereocenters. The molecule has 3 aromatic rings. The molecule has 2 aromatic carbocycles. The highest BCUT2D eigenvalue weighted by molar-refractivity contribution is 6.30. The summed E-state index contributed by atoms with van der Waals surface area (Å²) in [6, 6.07) is 20.0. The monoisotopic (exact) mass is 429 g/mol. The first-order valence-electron chi connectivity index (χ1n) is 10.3. The molecule has 0 spiro atoms. The van der Waals surface area contributed by atoms with Crippen molar-refractivity contribution in [2.45, 2.75) is 18.9 Å². The summed E-state index contributed by atoms with van der Waals surface area (Å²) >= 11 is 6.07. The van der Waals surface area contributed by atoms with E-state index in [2.05, 4.69) is 6.07 Å². The molecule has 1 aromatic heterocycles. The summed E-state index contributed by atoms with van der Waals surface area (Å²) in [5.41, 5.74) is 4.17. The predicted octanol–water partition coefficient (Wildman–Crippen LogP) is 4.30. The fourth-order valence-corrected chi connectivity index (χ4v) is 5.05.